The van der Waals surface area contributed by atoms with Crippen molar-refractivity contribution in [3.63, 3.8) is 0 Å². The summed E-state index contributed by atoms with van der Waals surface area (Å²) in [6, 6.07) is -2.91. The largest absolute Gasteiger partial charge is 0.343 e. The van der Waals surface area contributed by atoms with E-state index in [2.05, 4.69) is 59.8 Å². The van der Waals surface area contributed by atoms with Gasteiger partial charge in [0.05, 0.1) is 10.8 Å². The Morgan fingerprint density at radius 3 is 1.97 bits per heavy atom. The quantitative estimate of drug-likeness (QED) is 0.193. The number of piperidine rings is 1. The first-order chi connectivity index (χ1) is 27.5. The molecule has 5 saturated carbocycles. The highest BCUT2D eigenvalue weighted by atomic mass is 32.2. The Morgan fingerprint density at radius 2 is 1.44 bits per heavy atom. The molecule has 7 atom stereocenters. The molecule has 5 aliphatic carbocycles. The van der Waals surface area contributed by atoms with Crippen LogP contribution in [0.5, 0.6) is 0 Å². The van der Waals surface area contributed by atoms with E-state index < -0.39 is 61.6 Å². The molecule has 7 aliphatic rings. The van der Waals surface area contributed by atoms with Crippen LogP contribution in [0.25, 0.3) is 0 Å². The normalized spacial score (nSPS) is 33.0. The molecule has 2 spiro atoms. The fourth-order valence-electron chi connectivity index (χ4n) is 12.2. The summed E-state index contributed by atoms with van der Waals surface area (Å²) in [7, 11) is -3.97. The summed E-state index contributed by atoms with van der Waals surface area (Å²) in [5.74, 6) is -2.71. The average molecular weight is 841 g/mol. The Labute approximate surface area is 352 Å². The molecule has 0 radical (unpaired) electrons. The molecule has 7 fully saturated rings. The molecule has 2 aliphatic heterocycles. The van der Waals surface area contributed by atoms with E-state index in [1.807, 2.05) is 20.8 Å². The molecule has 4 N–H and O–H groups in total. The summed E-state index contributed by atoms with van der Waals surface area (Å²) in [6.45, 7) is 21.0. The number of nitrogens with one attached hydrogen (secondary N) is 4. The van der Waals surface area contributed by atoms with Crippen molar-refractivity contribution in [3.05, 3.63) is 12.7 Å². The lowest BCUT2D eigenvalue weighted by Gasteiger charge is -2.40. The van der Waals surface area contributed by atoms with E-state index >= 15 is 4.79 Å². The fraction of sp³-hybridized carbons (Fsp3) is 0.844. The maximum Gasteiger partial charge on any atom is 0.259 e. The Kier molecular flexibility index (Phi) is 11.3. The van der Waals surface area contributed by atoms with E-state index in [0.717, 1.165) is 77.2 Å². The van der Waals surface area contributed by atoms with Crippen LogP contribution >= 0.6 is 0 Å². The van der Waals surface area contributed by atoms with Crippen LogP contribution in [0.2, 0.25) is 0 Å². The van der Waals surface area contributed by atoms with Gasteiger partial charge in [-0.05, 0) is 114 Å². The molecule has 0 bridgehead atoms. The third kappa shape index (κ3) is 7.25. The van der Waals surface area contributed by atoms with E-state index in [-0.39, 0.29) is 58.4 Å². The molecule has 0 aromatic carbocycles. The monoisotopic (exact) mass is 841 g/mol. The summed E-state index contributed by atoms with van der Waals surface area (Å²) in [5.41, 5.74) is -2.75. The molecule has 0 aromatic rings. The summed E-state index contributed by atoms with van der Waals surface area (Å²) in [5, 5.41) is 9.33. The lowest BCUT2D eigenvalue weighted by molar-refractivity contribution is -0.145. The standard InChI is InChI=1S/C45H72N6O7S/c1-10-30-25-45(30,39(56)49-59(57,58)42(9)22-23-42)48-36(53)32-26-44(41(7,8)43(44)20-16-21-43)27-51(32)38(55)34(40(4,5)6)47-37(54)33(29-17-12-11-13-18-29)46-35(52)31-19-14-15-24-50(31)28(2)3/h10,28-34H,1,11-27H2,2-9H3,(H,46,52)(H,47,54)(H,48,53)(H,49,56)/t30-,31-,32+,33+,34-,44-,45-/m1/s1. The van der Waals surface area contributed by atoms with Crippen molar-refractivity contribution in [1.82, 2.24) is 30.5 Å². The van der Waals surface area contributed by atoms with Gasteiger partial charge in [-0.3, -0.25) is 33.6 Å². The first kappa shape index (κ1) is 44.1. The highest BCUT2D eigenvalue weighted by molar-refractivity contribution is 7.91. The minimum absolute atomic E-state index is 0.0144. The van der Waals surface area contributed by atoms with Gasteiger partial charge in [-0.15, -0.1) is 6.58 Å². The molecule has 2 saturated heterocycles. The molecule has 14 heteroatoms. The molecule has 2 heterocycles. The van der Waals surface area contributed by atoms with E-state index in [1.165, 1.54) is 0 Å². The number of sulfonamides is 1. The molecule has 0 aromatic heterocycles. The molecular formula is C45H72N6O7S. The lowest BCUT2D eigenvalue weighted by Crippen LogP contribution is -2.63. The third-order valence-corrected chi connectivity index (χ3v) is 19.0. The smallest absolute Gasteiger partial charge is 0.259 e. The second-order valence-corrected chi connectivity index (χ2v) is 24.0. The Morgan fingerprint density at radius 1 is 0.797 bits per heavy atom. The van der Waals surface area contributed by atoms with Crippen molar-refractivity contribution < 1.29 is 32.4 Å². The van der Waals surface area contributed by atoms with Crippen molar-refractivity contribution in [2.24, 2.45) is 33.5 Å². The minimum atomic E-state index is -3.97. The second kappa shape index (κ2) is 15.1. The zero-order chi connectivity index (χ0) is 43.1. The number of fused-ring (bicyclic) bond motifs is 1. The number of nitrogens with zero attached hydrogens (tertiary/aromatic N) is 2. The Hall–Kier alpha value is -3.00. The summed E-state index contributed by atoms with van der Waals surface area (Å²) >= 11 is 0. The molecule has 330 valence electrons. The third-order valence-electron chi connectivity index (χ3n) is 16.9. The SMILES string of the molecule is C=C[C@@H]1C[C@]1(NC(=O)[C@@H]1C[C@@]2(CN1C(=O)[C@@H](NC(=O)[C@@H](NC(=O)[C@H]1CCCCN1C(C)C)C1CCCCC1)C(C)(C)C)C(C)(C)C21CCC1)C(=O)NS(=O)(=O)C1(C)CC1. The minimum Gasteiger partial charge on any atom is -0.343 e. The second-order valence-electron chi connectivity index (χ2n) is 21.8. The lowest BCUT2D eigenvalue weighted by atomic mass is 9.73. The van der Waals surface area contributed by atoms with Crippen LogP contribution in [-0.2, 0) is 34.0 Å². The topological polar surface area (TPSA) is 174 Å². The zero-order valence-electron chi connectivity index (χ0n) is 37.0. The molecule has 5 amide bonds. The van der Waals surface area contributed by atoms with Crippen LogP contribution in [-0.4, -0.2) is 101 Å². The van der Waals surface area contributed by atoms with Crippen LogP contribution in [0.3, 0.4) is 0 Å². The molecule has 13 nitrogen and oxygen atoms in total. The van der Waals surface area contributed by atoms with Crippen LogP contribution in [0.15, 0.2) is 12.7 Å². The van der Waals surface area contributed by atoms with Gasteiger partial charge in [0.2, 0.25) is 33.7 Å². The maximum atomic E-state index is 15.3. The first-order valence-electron chi connectivity index (χ1n) is 22.7. The zero-order valence-corrected chi connectivity index (χ0v) is 37.8. The van der Waals surface area contributed by atoms with Crippen molar-refractivity contribution in [2.45, 2.75) is 192 Å². The highest BCUT2D eigenvalue weighted by Crippen LogP contribution is 2.88. The van der Waals surface area contributed by atoms with Gasteiger partial charge < -0.3 is 20.9 Å². The van der Waals surface area contributed by atoms with Crippen LogP contribution in [0.1, 0.15) is 152 Å². The Bertz CT molecular complexity index is 1840. The molecular weight excluding hydrogens is 769 g/mol. The number of hydrogen-bond acceptors (Lipinski definition) is 8. The molecule has 59 heavy (non-hydrogen) atoms. The van der Waals surface area contributed by atoms with Crippen molar-refractivity contribution in [2.75, 3.05) is 13.1 Å². The predicted molar refractivity (Wildman–Crippen MR) is 226 cm³/mol. The molecule has 7 rings (SSSR count). The van der Waals surface area contributed by atoms with E-state index in [1.54, 1.807) is 17.9 Å². The summed E-state index contributed by atoms with van der Waals surface area (Å²) in [4.78, 5) is 76.5. The van der Waals surface area contributed by atoms with Crippen LogP contribution < -0.4 is 20.7 Å². The van der Waals surface area contributed by atoms with Crippen molar-refractivity contribution >= 4 is 39.6 Å². The molecule has 0 unspecified atom stereocenters. The van der Waals surface area contributed by atoms with Crippen LogP contribution in [0, 0.1) is 33.5 Å². The van der Waals surface area contributed by atoms with Gasteiger partial charge in [0.25, 0.3) is 5.91 Å². The van der Waals surface area contributed by atoms with Gasteiger partial charge >= 0.3 is 0 Å². The number of carbonyl (C=O) groups excluding carboxylic acids is 5. The maximum absolute atomic E-state index is 15.3. The summed E-state index contributed by atoms with van der Waals surface area (Å²) in [6.07, 6.45) is 13.5. The van der Waals surface area contributed by atoms with Gasteiger partial charge in [0, 0.05) is 23.9 Å². The van der Waals surface area contributed by atoms with Crippen molar-refractivity contribution in [1.29, 1.82) is 0 Å². The van der Waals surface area contributed by atoms with Crippen LogP contribution in [0.4, 0.5) is 0 Å². The average Bonchev–Trinajstić information content (AvgIpc) is 4.09. The van der Waals surface area contributed by atoms with E-state index in [4.69, 9.17) is 0 Å². The predicted octanol–water partition coefficient (Wildman–Crippen LogP) is 4.70. The Balaban J connectivity index is 1.16. The first-order valence-corrected chi connectivity index (χ1v) is 24.2. The van der Waals surface area contributed by atoms with E-state index in [9.17, 15) is 27.6 Å². The summed E-state index contributed by atoms with van der Waals surface area (Å²) < 4.78 is 27.6. The van der Waals surface area contributed by atoms with Gasteiger partial charge in [0.1, 0.15) is 23.7 Å². The number of carbonyl (C=O) groups is 5. The van der Waals surface area contributed by atoms with Crippen molar-refractivity contribution in [3.8, 4) is 0 Å². The van der Waals surface area contributed by atoms with Gasteiger partial charge in [-0.25, -0.2) is 8.42 Å². The number of amides is 5. The van der Waals surface area contributed by atoms with Gasteiger partial charge in [-0.1, -0.05) is 72.8 Å². The number of rotatable bonds is 13. The highest BCUT2D eigenvalue weighted by Gasteiger charge is 2.85. The van der Waals surface area contributed by atoms with Gasteiger partial charge in [-0.2, -0.15) is 0 Å². The number of likely N-dealkylation sites (tertiary alicyclic amines) is 2. The van der Waals surface area contributed by atoms with Gasteiger partial charge in [0.15, 0.2) is 0 Å². The number of hydrogen-bond donors (Lipinski definition) is 4. The van der Waals surface area contributed by atoms with E-state index in [0.29, 0.717) is 25.8 Å². The fourth-order valence-corrected chi connectivity index (χ4v) is 13.5.